The number of anilines is 1. The van der Waals surface area contributed by atoms with Crippen molar-refractivity contribution in [2.24, 2.45) is 0 Å². The van der Waals surface area contributed by atoms with Gasteiger partial charge in [0.25, 0.3) is 0 Å². The van der Waals surface area contributed by atoms with Crippen LogP contribution in [0.15, 0.2) is 42.5 Å². The summed E-state index contributed by atoms with van der Waals surface area (Å²) in [6, 6.07) is 14.0. The third-order valence-corrected chi connectivity index (χ3v) is 4.00. The van der Waals surface area contributed by atoms with E-state index in [1.165, 1.54) is 5.56 Å². The van der Waals surface area contributed by atoms with Crippen LogP contribution in [0, 0.1) is 0 Å². The molecule has 1 amide bonds. The van der Waals surface area contributed by atoms with E-state index in [0.717, 1.165) is 35.6 Å². The first-order valence-electron chi connectivity index (χ1n) is 7.87. The van der Waals surface area contributed by atoms with Gasteiger partial charge in [0.15, 0.2) is 0 Å². The third-order valence-electron chi connectivity index (χ3n) is 4.00. The number of fused-ring (bicyclic) bond motifs is 1. The Morgan fingerprint density at radius 1 is 1.17 bits per heavy atom. The molecule has 0 aromatic heterocycles. The molecule has 0 radical (unpaired) electrons. The van der Waals surface area contributed by atoms with Gasteiger partial charge in [-0.15, -0.1) is 0 Å². The Bertz CT molecular complexity index is 694. The van der Waals surface area contributed by atoms with Crippen LogP contribution in [0.5, 0.6) is 11.5 Å². The first-order valence-corrected chi connectivity index (χ1v) is 7.87. The predicted octanol–water partition coefficient (Wildman–Crippen LogP) is 3.59. The zero-order chi connectivity index (χ0) is 16.2. The van der Waals surface area contributed by atoms with Crippen molar-refractivity contribution in [3.8, 4) is 11.5 Å². The van der Waals surface area contributed by atoms with Crippen LogP contribution in [-0.2, 0) is 17.6 Å². The van der Waals surface area contributed by atoms with Gasteiger partial charge >= 0.3 is 0 Å². The van der Waals surface area contributed by atoms with Gasteiger partial charge in [-0.1, -0.05) is 24.3 Å². The fourth-order valence-electron chi connectivity index (χ4n) is 2.80. The number of hydrogen-bond acceptors (Lipinski definition) is 3. The number of ether oxygens (including phenoxy) is 2. The standard InChI is InChI=1S/C19H21NO3/c1-13-12-18(21)20-17-5-3-4-15(19(17)23-13)9-6-14-7-10-16(22-2)11-8-14/h3-5,7-8,10-11,13H,6,9,12H2,1-2H3,(H,20,21)/t13-/m1/s1. The molecule has 0 aliphatic carbocycles. The zero-order valence-electron chi connectivity index (χ0n) is 13.5. The van der Waals surface area contributed by atoms with E-state index in [2.05, 4.69) is 23.5 Å². The molecule has 4 nitrogen and oxygen atoms in total. The van der Waals surface area contributed by atoms with Crippen LogP contribution in [0.4, 0.5) is 5.69 Å². The summed E-state index contributed by atoms with van der Waals surface area (Å²) in [4.78, 5) is 11.8. The molecule has 0 saturated carbocycles. The molecular weight excluding hydrogens is 290 g/mol. The van der Waals surface area contributed by atoms with Crippen LogP contribution in [0.2, 0.25) is 0 Å². The van der Waals surface area contributed by atoms with Crippen LogP contribution in [-0.4, -0.2) is 19.1 Å². The molecule has 3 rings (SSSR count). The third kappa shape index (κ3) is 3.65. The molecule has 2 aromatic rings. The lowest BCUT2D eigenvalue weighted by Gasteiger charge is -2.15. The molecule has 0 saturated heterocycles. The smallest absolute Gasteiger partial charge is 0.228 e. The number of hydrogen-bond donors (Lipinski definition) is 1. The first-order chi connectivity index (χ1) is 11.2. The van der Waals surface area contributed by atoms with Crippen LogP contribution in [0.25, 0.3) is 0 Å². The Morgan fingerprint density at radius 3 is 2.70 bits per heavy atom. The number of nitrogens with one attached hydrogen (secondary N) is 1. The molecular formula is C19H21NO3. The van der Waals surface area contributed by atoms with Crippen LogP contribution in [0.3, 0.4) is 0 Å². The lowest BCUT2D eigenvalue weighted by atomic mass is 10.0. The van der Waals surface area contributed by atoms with Crippen molar-refractivity contribution >= 4 is 11.6 Å². The maximum Gasteiger partial charge on any atom is 0.228 e. The molecule has 0 fully saturated rings. The SMILES string of the molecule is COc1ccc(CCc2cccc3c2O[C@H](C)CC(=O)N3)cc1. The van der Waals surface area contributed by atoms with Crippen LogP contribution in [0.1, 0.15) is 24.5 Å². The fraction of sp³-hybridized carbons (Fsp3) is 0.316. The highest BCUT2D eigenvalue weighted by Crippen LogP contribution is 2.33. The van der Waals surface area contributed by atoms with E-state index in [-0.39, 0.29) is 12.0 Å². The van der Waals surface area contributed by atoms with E-state index in [0.29, 0.717) is 6.42 Å². The highest BCUT2D eigenvalue weighted by atomic mass is 16.5. The Morgan fingerprint density at radius 2 is 1.96 bits per heavy atom. The maximum absolute atomic E-state index is 11.8. The van der Waals surface area contributed by atoms with Gasteiger partial charge in [-0.3, -0.25) is 4.79 Å². The number of amides is 1. The Hall–Kier alpha value is -2.49. The number of methoxy groups -OCH3 is 1. The highest BCUT2D eigenvalue weighted by molar-refractivity contribution is 5.93. The second-order valence-electron chi connectivity index (χ2n) is 5.82. The van der Waals surface area contributed by atoms with E-state index in [4.69, 9.17) is 9.47 Å². The van der Waals surface area contributed by atoms with Gasteiger partial charge in [-0.25, -0.2) is 0 Å². The fourth-order valence-corrected chi connectivity index (χ4v) is 2.80. The summed E-state index contributed by atoms with van der Waals surface area (Å²) in [5.74, 6) is 1.67. The molecule has 120 valence electrons. The van der Waals surface area contributed by atoms with Gasteiger partial charge in [-0.05, 0) is 49.1 Å². The highest BCUT2D eigenvalue weighted by Gasteiger charge is 2.21. The normalized spacial score (nSPS) is 16.8. The number of carbonyl (C=O) groups is 1. The summed E-state index contributed by atoms with van der Waals surface area (Å²) in [6.07, 6.45) is 2.04. The van der Waals surface area contributed by atoms with E-state index in [9.17, 15) is 4.79 Å². The molecule has 1 atom stereocenters. The minimum absolute atomic E-state index is 0.00329. The molecule has 0 spiro atoms. The first kappa shape index (κ1) is 15.4. The summed E-state index contributed by atoms with van der Waals surface area (Å²) in [6.45, 7) is 1.93. The molecule has 1 aliphatic heterocycles. The predicted molar refractivity (Wildman–Crippen MR) is 90.2 cm³/mol. The molecule has 23 heavy (non-hydrogen) atoms. The van der Waals surface area contributed by atoms with Gasteiger partial charge in [0.2, 0.25) is 5.91 Å². The summed E-state index contributed by atoms with van der Waals surface area (Å²) < 4.78 is 11.2. The second kappa shape index (κ2) is 6.73. The minimum Gasteiger partial charge on any atom is -0.497 e. The quantitative estimate of drug-likeness (QED) is 0.938. The van der Waals surface area contributed by atoms with Gasteiger partial charge in [0.05, 0.1) is 19.2 Å². The monoisotopic (exact) mass is 311 g/mol. The van der Waals surface area contributed by atoms with Crippen LogP contribution >= 0.6 is 0 Å². The summed E-state index contributed by atoms with van der Waals surface area (Å²) in [5.41, 5.74) is 3.13. The summed E-state index contributed by atoms with van der Waals surface area (Å²) in [7, 11) is 1.67. The molecule has 0 bridgehead atoms. The second-order valence-corrected chi connectivity index (χ2v) is 5.82. The molecule has 1 N–H and O–H groups in total. The van der Waals surface area contributed by atoms with Gasteiger partial charge < -0.3 is 14.8 Å². The van der Waals surface area contributed by atoms with Crippen molar-refractivity contribution in [1.82, 2.24) is 0 Å². The number of aryl methyl sites for hydroxylation is 2. The van der Waals surface area contributed by atoms with Crippen molar-refractivity contribution in [2.45, 2.75) is 32.3 Å². The van der Waals surface area contributed by atoms with Gasteiger partial charge in [-0.2, -0.15) is 0 Å². The van der Waals surface area contributed by atoms with Crippen molar-refractivity contribution in [3.63, 3.8) is 0 Å². The van der Waals surface area contributed by atoms with Crippen molar-refractivity contribution < 1.29 is 14.3 Å². The molecule has 4 heteroatoms. The average molecular weight is 311 g/mol. The number of carbonyl (C=O) groups excluding carboxylic acids is 1. The lowest BCUT2D eigenvalue weighted by molar-refractivity contribution is -0.117. The minimum atomic E-state index is -0.113. The molecule has 0 unspecified atom stereocenters. The maximum atomic E-state index is 11.8. The average Bonchev–Trinajstić information content (AvgIpc) is 2.70. The van der Waals surface area contributed by atoms with E-state index >= 15 is 0 Å². The topological polar surface area (TPSA) is 47.6 Å². The van der Waals surface area contributed by atoms with E-state index < -0.39 is 0 Å². The van der Waals surface area contributed by atoms with Crippen molar-refractivity contribution in [2.75, 3.05) is 12.4 Å². The molecule has 2 aromatic carbocycles. The van der Waals surface area contributed by atoms with Crippen LogP contribution < -0.4 is 14.8 Å². The molecule has 1 aliphatic rings. The Labute approximate surface area is 136 Å². The number of rotatable bonds is 4. The summed E-state index contributed by atoms with van der Waals surface area (Å²) >= 11 is 0. The van der Waals surface area contributed by atoms with Crippen molar-refractivity contribution in [3.05, 3.63) is 53.6 Å². The largest absolute Gasteiger partial charge is 0.497 e. The Kier molecular flexibility index (Phi) is 4.51. The van der Waals surface area contributed by atoms with E-state index in [1.54, 1.807) is 7.11 Å². The molecule has 1 heterocycles. The van der Waals surface area contributed by atoms with Gasteiger partial charge in [0, 0.05) is 0 Å². The van der Waals surface area contributed by atoms with Gasteiger partial charge in [0.1, 0.15) is 17.6 Å². The van der Waals surface area contributed by atoms with E-state index in [1.807, 2.05) is 31.2 Å². The lowest BCUT2D eigenvalue weighted by Crippen LogP contribution is -2.17. The van der Waals surface area contributed by atoms with Crippen molar-refractivity contribution in [1.29, 1.82) is 0 Å². The zero-order valence-corrected chi connectivity index (χ0v) is 13.5. The number of para-hydroxylation sites is 1. The summed E-state index contributed by atoms with van der Waals surface area (Å²) in [5, 5.41) is 2.93. The Balaban J connectivity index is 1.78. The number of benzene rings is 2.